The van der Waals surface area contributed by atoms with E-state index in [1.807, 2.05) is 22.7 Å². The molecule has 0 fully saturated rings. The third kappa shape index (κ3) is 5.47. The lowest BCUT2D eigenvalue weighted by Gasteiger charge is -2.27. The molecule has 0 aliphatic carbocycles. The molecule has 13 aromatic rings. The van der Waals surface area contributed by atoms with Crippen LogP contribution in [0.5, 0.6) is 0 Å². The van der Waals surface area contributed by atoms with Crippen LogP contribution in [-0.4, -0.2) is 4.57 Å². The van der Waals surface area contributed by atoms with Gasteiger partial charge >= 0.3 is 0 Å². The van der Waals surface area contributed by atoms with E-state index in [1.54, 1.807) is 0 Å². The second kappa shape index (κ2) is 14.0. The largest absolute Gasteiger partial charge is 0.310 e. The van der Waals surface area contributed by atoms with Gasteiger partial charge in [0.05, 0.1) is 16.7 Å². The standard InChI is InChI=1S/C58H36N2S2/c1-2-11-37(12-3-1)38-21-27-42(28-22-38)59(50-18-10-14-41-13-4-5-15-45(41)50)43-29-23-39(24-30-43)40-25-31-44(32-26-40)60-51-35-33-48-46-16-6-8-19-53(46)61-57(48)55(51)56-52(60)36-34-49-47-17-7-9-20-54(47)62-58(49)56/h1-36H. The van der Waals surface area contributed by atoms with Crippen LogP contribution in [0.15, 0.2) is 218 Å². The Hall–Kier alpha value is -7.50. The number of rotatable bonds is 6. The van der Waals surface area contributed by atoms with E-state index in [9.17, 15) is 0 Å². The third-order valence-electron chi connectivity index (χ3n) is 12.6. The van der Waals surface area contributed by atoms with Crippen molar-refractivity contribution in [3.8, 4) is 27.9 Å². The van der Waals surface area contributed by atoms with Gasteiger partial charge in [0.15, 0.2) is 0 Å². The van der Waals surface area contributed by atoms with Gasteiger partial charge < -0.3 is 9.47 Å². The summed E-state index contributed by atoms with van der Waals surface area (Å²) in [5, 5.41) is 10.5. The molecular formula is C58H36N2S2. The summed E-state index contributed by atoms with van der Waals surface area (Å²) in [6.07, 6.45) is 0. The fourth-order valence-corrected chi connectivity index (χ4v) is 12.2. The molecule has 4 heteroatoms. The first-order chi connectivity index (χ1) is 30.7. The predicted octanol–water partition coefficient (Wildman–Crippen LogP) is 17.5. The number of hydrogen-bond acceptors (Lipinski definition) is 3. The van der Waals surface area contributed by atoms with Crippen molar-refractivity contribution in [3.05, 3.63) is 218 Å². The normalized spacial score (nSPS) is 11.9. The van der Waals surface area contributed by atoms with E-state index in [4.69, 9.17) is 0 Å². The van der Waals surface area contributed by atoms with Crippen LogP contribution in [0.3, 0.4) is 0 Å². The molecule has 0 N–H and O–H groups in total. The molecule has 0 radical (unpaired) electrons. The highest BCUT2D eigenvalue weighted by Crippen LogP contribution is 2.48. The topological polar surface area (TPSA) is 8.17 Å². The van der Waals surface area contributed by atoms with Gasteiger partial charge in [-0.3, -0.25) is 0 Å². The summed E-state index contributed by atoms with van der Waals surface area (Å²) in [7, 11) is 0. The molecule has 0 aliphatic rings. The summed E-state index contributed by atoms with van der Waals surface area (Å²) in [6.45, 7) is 0. The molecule has 13 rings (SSSR count). The van der Waals surface area contributed by atoms with Crippen LogP contribution >= 0.6 is 22.7 Å². The van der Waals surface area contributed by atoms with Gasteiger partial charge in [0.25, 0.3) is 0 Å². The van der Waals surface area contributed by atoms with Gasteiger partial charge in [-0.25, -0.2) is 0 Å². The Labute approximate surface area is 366 Å². The molecule has 62 heavy (non-hydrogen) atoms. The van der Waals surface area contributed by atoms with Crippen LogP contribution in [0.25, 0.3) is 101 Å². The molecular weight excluding hydrogens is 789 g/mol. The molecule has 3 aromatic heterocycles. The molecule has 0 aliphatic heterocycles. The zero-order valence-corrected chi connectivity index (χ0v) is 35.1. The Morgan fingerprint density at radius 1 is 0.323 bits per heavy atom. The van der Waals surface area contributed by atoms with Crippen molar-refractivity contribution in [1.29, 1.82) is 0 Å². The van der Waals surface area contributed by atoms with Crippen molar-refractivity contribution in [2.24, 2.45) is 0 Å². The minimum absolute atomic E-state index is 1.11. The SMILES string of the molecule is c1ccc(-c2ccc(N(c3ccc(-c4ccc(-n5c6ccc7c8ccccc8sc7c6c6c7sc8ccccc8c7ccc65)cc4)cc3)c3cccc4ccccc34)cc2)cc1. The predicted molar refractivity (Wildman–Crippen MR) is 270 cm³/mol. The van der Waals surface area contributed by atoms with Gasteiger partial charge in [0, 0.05) is 73.6 Å². The lowest BCUT2D eigenvalue weighted by Crippen LogP contribution is -2.10. The highest BCUT2D eigenvalue weighted by Gasteiger charge is 2.22. The zero-order chi connectivity index (χ0) is 40.7. The summed E-state index contributed by atoms with van der Waals surface area (Å²) in [4.78, 5) is 2.38. The molecule has 0 saturated carbocycles. The molecule has 0 atom stereocenters. The smallest absolute Gasteiger partial charge is 0.0556 e. The first kappa shape index (κ1) is 35.3. The number of anilines is 3. The number of thiophene rings is 2. The number of fused-ring (bicyclic) bond motifs is 12. The molecule has 0 spiro atoms. The second-order valence-electron chi connectivity index (χ2n) is 16.0. The molecule has 0 amide bonds. The van der Waals surface area contributed by atoms with E-state index in [0.717, 1.165) is 22.7 Å². The van der Waals surface area contributed by atoms with Crippen molar-refractivity contribution in [2.45, 2.75) is 0 Å². The Morgan fingerprint density at radius 3 is 1.34 bits per heavy atom. The fraction of sp³-hybridized carbons (Fsp3) is 0. The number of aromatic nitrogens is 1. The number of benzene rings is 10. The molecule has 290 valence electrons. The van der Waals surface area contributed by atoms with E-state index in [1.165, 1.54) is 95.2 Å². The monoisotopic (exact) mass is 824 g/mol. The highest BCUT2D eigenvalue weighted by molar-refractivity contribution is 7.28. The Morgan fingerprint density at radius 2 is 0.774 bits per heavy atom. The number of nitrogens with zero attached hydrogens (tertiary/aromatic N) is 2. The van der Waals surface area contributed by atoms with Gasteiger partial charge in [-0.15, -0.1) is 22.7 Å². The maximum Gasteiger partial charge on any atom is 0.0556 e. The first-order valence-corrected chi connectivity index (χ1v) is 22.7. The maximum atomic E-state index is 2.48. The minimum atomic E-state index is 1.11. The zero-order valence-electron chi connectivity index (χ0n) is 33.5. The molecule has 0 saturated heterocycles. The summed E-state index contributed by atoms with van der Waals surface area (Å²) in [5.74, 6) is 0. The molecule has 0 unspecified atom stereocenters. The van der Waals surface area contributed by atoms with Crippen molar-refractivity contribution in [2.75, 3.05) is 4.90 Å². The Balaban J connectivity index is 0.919. The Bertz CT molecular complexity index is 3700. The average molecular weight is 825 g/mol. The summed E-state index contributed by atoms with van der Waals surface area (Å²) in [5.41, 5.74) is 11.8. The van der Waals surface area contributed by atoms with Gasteiger partial charge in [0.1, 0.15) is 0 Å². The van der Waals surface area contributed by atoms with Crippen molar-refractivity contribution < 1.29 is 0 Å². The van der Waals surface area contributed by atoms with Crippen molar-refractivity contribution in [1.82, 2.24) is 4.57 Å². The van der Waals surface area contributed by atoms with E-state index < -0.39 is 0 Å². The van der Waals surface area contributed by atoms with Crippen molar-refractivity contribution in [3.63, 3.8) is 0 Å². The minimum Gasteiger partial charge on any atom is -0.310 e. The van der Waals surface area contributed by atoms with Gasteiger partial charge in [-0.1, -0.05) is 152 Å². The molecule has 2 nitrogen and oxygen atoms in total. The lowest BCUT2D eigenvalue weighted by atomic mass is 10.0. The fourth-order valence-electron chi connectivity index (χ4n) is 9.69. The molecule has 0 bridgehead atoms. The summed E-state index contributed by atoms with van der Waals surface area (Å²) in [6, 6.07) is 80.0. The Kier molecular flexibility index (Phi) is 7.99. The summed E-state index contributed by atoms with van der Waals surface area (Å²) >= 11 is 3.84. The van der Waals surface area contributed by atoms with Crippen LogP contribution in [0.4, 0.5) is 17.1 Å². The molecule has 3 heterocycles. The van der Waals surface area contributed by atoms with Crippen LogP contribution < -0.4 is 4.90 Å². The number of hydrogen-bond donors (Lipinski definition) is 0. The van der Waals surface area contributed by atoms with E-state index in [-0.39, 0.29) is 0 Å². The third-order valence-corrected chi connectivity index (χ3v) is 15.0. The molecule has 10 aromatic carbocycles. The van der Waals surface area contributed by atoms with E-state index in [2.05, 4.69) is 228 Å². The lowest BCUT2D eigenvalue weighted by molar-refractivity contribution is 1.18. The van der Waals surface area contributed by atoms with Crippen LogP contribution in [0.2, 0.25) is 0 Å². The van der Waals surface area contributed by atoms with Gasteiger partial charge in [-0.2, -0.15) is 0 Å². The average Bonchev–Trinajstić information content (AvgIpc) is 4.02. The van der Waals surface area contributed by atoms with Crippen LogP contribution in [-0.2, 0) is 0 Å². The van der Waals surface area contributed by atoms with E-state index >= 15 is 0 Å². The summed E-state index contributed by atoms with van der Waals surface area (Å²) < 4.78 is 7.86. The van der Waals surface area contributed by atoms with Gasteiger partial charge in [0.2, 0.25) is 0 Å². The maximum absolute atomic E-state index is 2.48. The van der Waals surface area contributed by atoms with Crippen LogP contribution in [0, 0.1) is 0 Å². The quantitative estimate of drug-likeness (QED) is 0.162. The van der Waals surface area contributed by atoms with E-state index in [0.29, 0.717) is 0 Å². The highest BCUT2D eigenvalue weighted by atomic mass is 32.1. The van der Waals surface area contributed by atoms with Crippen molar-refractivity contribution >= 4 is 113 Å². The first-order valence-electron chi connectivity index (χ1n) is 21.1. The van der Waals surface area contributed by atoms with Gasteiger partial charge in [-0.05, 0) is 94.4 Å². The second-order valence-corrected chi connectivity index (χ2v) is 18.1. The van der Waals surface area contributed by atoms with Crippen LogP contribution in [0.1, 0.15) is 0 Å².